The molecule has 0 heterocycles. The van der Waals surface area contributed by atoms with Gasteiger partial charge in [-0.3, -0.25) is 23.4 Å². The monoisotopic (exact) mass is 1050 g/mol. The van der Waals surface area contributed by atoms with E-state index in [1.165, 1.54) is 38.5 Å². The molecule has 0 aliphatic rings. The van der Waals surface area contributed by atoms with E-state index in [-0.39, 0.29) is 25.9 Å². The second kappa shape index (κ2) is 55.4. The van der Waals surface area contributed by atoms with Gasteiger partial charge in [0.15, 0.2) is 6.10 Å². The Morgan fingerprint density at radius 2 is 0.703 bits per heavy atom. The first-order valence-corrected chi connectivity index (χ1v) is 30.3. The average Bonchev–Trinajstić information content (AvgIpc) is 3.39. The van der Waals surface area contributed by atoms with E-state index >= 15 is 0 Å². The van der Waals surface area contributed by atoms with Crippen molar-refractivity contribution in [2.45, 2.75) is 238 Å². The van der Waals surface area contributed by atoms with Gasteiger partial charge in [0.05, 0.1) is 19.8 Å². The van der Waals surface area contributed by atoms with Gasteiger partial charge in [-0.25, -0.2) is 4.57 Å². The highest BCUT2D eigenvalue weighted by Crippen LogP contribution is 2.43. The van der Waals surface area contributed by atoms with Crippen molar-refractivity contribution in [1.29, 1.82) is 0 Å². The standard InChI is InChI=1S/C62H103O11P/c1-4-7-10-13-16-19-22-25-28-29-32-35-38-41-44-47-50-53-62(66)73-59(55-69-60(64)51-48-45-42-39-36-33-30-26-23-20-17-14-11-8-5-2)57-71-74(67,68)70-56-58(54-63)72-61(65)52-49-46-43-40-37-34-31-27-24-21-18-15-12-9-6-3/h7,9-10,12,16,18-19,21,25-28,30-32,35,37,40,58-59,63H,4-6,8,11,13-15,17,20,22-24,29,33-34,36,38-39,41-57H2,1-3H3,(H,67,68)/b10-7-,12-9-,19-16-,21-18-,28-25-,30-26-,31-27-,35-32-,40-37-. The Balaban J connectivity index is 4.83. The summed E-state index contributed by atoms with van der Waals surface area (Å²) in [6, 6.07) is 0. The summed E-state index contributed by atoms with van der Waals surface area (Å²) in [4.78, 5) is 48.5. The summed E-state index contributed by atoms with van der Waals surface area (Å²) in [5.41, 5.74) is 0. The van der Waals surface area contributed by atoms with E-state index < -0.39 is 57.8 Å². The van der Waals surface area contributed by atoms with Gasteiger partial charge in [-0.1, -0.05) is 194 Å². The Labute approximate surface area is 450 Å². The SMILES string of the molecule is CC/C=C\C/C=C\C/C=C\C/C=C\CCCCCCC(=O)OC(COC(=O)CCCCCCC/C=C\CCCCCCCC)COP(=O)(O)OCC(CO)OC(=O)CCCC/C=C\C/C=C\C/C=C\C/C=C\CC. The largest absolute Gasteiger partial charge is 0.472 e. The molecule has 3 unspecified atom stereocenters. The van der Waals surface area contributed by atoms with Crippen LogP contribution in [0.2, 0.25) is 0 Å². The van der Waals surface area contributed by atoms with E-state index in [2.05, 4.69) is 130 Å². The van der Waals surface area contributed by atoms with E-state index in [9.17, 15) is 28.9 Å². The third-order valence-electron chi connectivity index (χ3n) is 11.7. The number of phosphoric ester groups is 1. The summed E-state index contributed by atoms with van der Waals surface area (Å²) in [7, 11) is -4.77. The predicted octanol–water partition coefficient (Wildman–Crippen LogP) is 17.0. The number of unbranched alkanes of at least 4 members (excludes halogenated alkanes) is 17. The second-order valence-corrected chi connectivity index (χ2v) is 20.1. The van der Waals surface area contributed by atoms with Gasteiger partial charge in [0.1, 0.15) is 12.7 Å². The molecule has 0 fully saturated rings. The third kappa shape index (κ3) is 53.0. The summed E-state index contributed by atoms with van der Waals surface area (Å²) in [6.45, 7) is 4.32. The van der Waals surface area contributed by atoms with Crippen LogP contribution in [0, 0.1) is 0 Å². The highest BCUT2D eigenvalue weighted by Gasteiger charge is 2.28. The lowest BCUT2D eigenvalue weighted by molar-refractivity contribution is -0.161. The van der Waals surface area contributed by atoms with E-state index in [0.717, 1.165) is 128 Å². The summed E-state index contributed by atoms with van der Waals surface area (Å²) >= 11 is 0. The Morgan fingerprint density at radius 3 is 1.12 bits per heavy atom. The van der Waals surface area contributed by atoms with Crippen LogP contribution in [0.4, 0.5) is 0 Å². The van der Waals surface area contributed by atoms with Gasteiger partial charge in [0.25, 0.3) is 0 Å². The number of carbonyl (C=O) groups excluding carboxylic acids is 3. The number of esters is 3. The van der Waals surface area contributed by atoms with Gasteiger partial charge >= 0.3 is 25.7 Å². The van der Waals surface area contributed by atoms with Crippen LogP contribution in [-0.4, -0.2) is 66.5 Å². The molecule has 0 aliphatic heterocycles. The van der Waals surface area contributed by atoms with Crippen LogP contribution in [0.15, 0.2) is 109 Å². The number of rotatable bonds is 52. The fourth-order valence-electron chi connectivity index (χ4n) is 7.33. The number of allylic oxidation sites excluding steroid dienone is 18. The van der Waals surface area contributed by atoms with E-state index in [0.29, 0.717) is 19.3 Å². The zero-order chi connectivity index (χ0) is 54.1. The molecule has 0 saturated carbocycles. The molecular weight excluding hydrogens is 952 g/mol. The quantitative estimate of drug-likeness (QED) is 0.0197. The van der Waals surface area contributed by atoms with Gasteiger partial charge in [-0.2, -0.15) is 0 Å². The Kier molecular flexibility index (Phi) is 52.5. The lowest BCUT2D eigenvalue weighted by atomic mass is 10.1. The fourth-order valence-corrected chi connectivity index (χ4v) is 8.12. The number of carbonyl (C=O) groups is 3. The number of hydrogen-bond donors (Lipinski definition) is 2. The van der Waals surface area contributed by atoms with E-state index in [1.54, 1.807) is 0 Å². The lowest BCUT2D eigenvalue weighted by Crippen LogP contribution is -2.30. The Bertz CT molecular complexity index is 1660. The fraction of sp³-hybridized carbons (Fsp3) is 0.661. The molecule has 0 aromatic rings. The maximum absolute atomic E-state index is 12.9. The lowest BCUT2D eigenvalue weighted by Gasteiger charge is -2.21. The molecule has 0 rings (SSSR count). The highest BCUT2D eigenvalue weighted by molar-refractivity contribution is 7.47. The normalized spacial score (nSPS) is 14.2. The molecule has 0 bridgehead atoms. The first-order valence-electron chi connectivity index (χ1n) is 28.8. The summed E-state index contributed by atoms with van der Waals surface area (Å²) < 4.78 is 39.5. The Hall–Kier alpha value is -3.86. The van der Waals surface area contributed by atoms with Crippen molar-refractivity contribution in [2.75, 3.05) is 26.4 Å². The van der Waals surface area contributed by atoms with E-state index in [4.69, 9.17) is 23.3 Å². The molecule has 2 N–H and O–H groups in total. The molecule has 0 amide bonds. The smallest absolute Gasteiger partial charge is 0.462 e. The zero-order valence-electron chi connectivity index (χ0n) is 46.5. The molecule has 3 atom stereocenters. The predicted molar refractivity (Wildman–Crippen MR) is 307 cm³/mol. The minimum absolute atomic E-state index is 0.117. The molecule has 11 nitrogen and oxygen atoms in total. The average molecular weight is 1060 g/mol. The molecule has 74 heavy (non-hydrogen) atoms. The third-order valence-corrected chi connectivity index (χ3v) is 12.6. The van der Waals surface area contributed by atoms with Crippen molar-refractivity contribution in [1.82, 2.24) is 0 Å². The van der Waals surface area contributed by atoms with Crippen LogP contribution in [0.5, 0.6) is 0 Å². The molecule has 422 valence electrons. The first kappa shape index (κ1) is 70.1. The second-order valence-electron chi connectivity index (χ2n) is 18.7. The molecule has 0 aromatic heterocycles. The molecule has 12 heteroatoms. The minimum Gasteiger partial charge on any atom is -0.462 e. The van der Waals surface area contributed by atoms with Crippen molar-refractivity contribution in [3.8, 4) is 0 Å². The van der Waals surface area contributed by atoms with Gasteiger partial charge in [0, 0.05) is 19.3 Å². The zero-order valence-corrected chi connectivity index (χ0v) is 47.4. The van der Waals surface area contributed by atoms with Crippen LogP contribution in [-0.2, 0) is 42.2 Å². The molecule has 0 saturated heterocycles. The number of aliphatic hydroxyl groups excluding tert-OH is 1. The van der Waals surface area contributed by atoms with E-state index in [1.807, 2.05) is 0 Å². The summed E-state index contributed by atoms with van der Waals surface area (Å²) in [5, 5.41) is 9.81. The van der Waals surface area contributed by atoms with Crippen molar-refractivity contribution in [3.63, 3.8) is 0 Å². The molecule has 0 spiro atoms. The maximum atomic E-state index is 12.9. The van der Waals surface area contributed by atoms with Crippen LogP contribution in [0.25, 0.3) is 0 Å². The van der Waals surface area contributed by atoms with Crippen LogP contribution < -0.4 is 0 Å². The molecule has 0 aromatic carbocycles. The topological polar surface area (TPSA) is 155 Å². The minimum atomic E-state index is -4.77. The van der Waals surface area contributed by atoms with Gasteiger partial charge in [0.2, 0.25) is 0 Å². The van der Waals surface area contributed by atoms with Crippen molar-refractivity contribution in [3.05, 3.63) is 109 Å². The van der Waals surface area contributed by atoms with Crippen LogP contribution >= 0.6 is 7.82 Å². The van der Waals surface area contributed by atoms with Gasteiger partial charge in [-0.15, -0.1) is 0 Å². The highest BCUT2D eigenvalue weighted by atomic mass is 31.2. The number of hydrogen-bond acceptors (Lipinski definition) is 10. The molecule has 0 aliphatic carbocycles. The summed E-state index contributed by atoms with van der Waals surface area (Å²) in [6.07, 6.45) is 66.2. The summed E-state index contributed by atoms with van der Waals surface area (Å²) in [5.74, 6) is -1.55. The van der Waals surface area contributed by atoms with Gasteiger partial charge in [-0.05, 0) is 122 Å². The Morgan fingerprint density at radius 1 is 0.392 bits per heavy atom. The van der Waals surface area contributed by atoms with Crippen LogP contribution in [0.3, 0.4) is 0 Å². The van der Waals surface area contributed by atoms with Crippen LogP contribution in [0.1, 0.15) is 226 Å². The van der Waals surface area contributed by atoms with Gasteiger partial charge < -0.3 is 24.2 Å². The number of aliphatic hydroxyl groups is 1. The molecular formula is C62H103O11P. The van der Waals surface area contributed by atoms with Crippen molar-refractivity contribution in [2.24, 2.45) is 0 Å². The molecule has 0 radical (unpaired) electrons. The van der Waals surface area contributed by atoms with Crippen molar-refractivity contribution < 1.29 is 52.2 Å². The maximum Gasteiger partial charge on any atom is 0.472 e. The number of phosphoric acid groups is 1. The van der Waals surface area contributed by atoms with Crippen molar-refractivity contribution >= 4 is 25.7 Å². The first-order chi connectivity index (χ1) is 36.2. The number of ether oxygens (including phenoxy) is 3.